The summed E-state index contributed by atoms with van der Waals surface area (Å²) >= 11 is 0. The van der Waals surface area contributed by atoms with Crippen molar-refractivity contribution >= 4 is 23.5 Å². The Bertz CT molecular complexity index is 1170. The Kier molecular flexibility index (Phi) is 6.92. The maximum absolute atomic E-state index is 13.0. The van der Waals surface area contributed by atoms with Crippen LogP contribution in [0.15, 0.2) is 65.9 Å². The molecule has 1 amide bonds. The van der Waals surface area contributed by atoms with Gasteiger partial charge in [-0.25, -0.2) is 4.79 Å². The van der Waals surface area contributed by atoms with Crippen molar-refractivity contribution in [2.45, 2.75) is 45.1 Å². The van der Waals surface area contributed by atoms with E-state index < -0.39 is 40.8 Å². The second-order valence-corrected chi connectivity index (χ2v) is 8.52. The molecule has 0 radical (unpaired) electrons. The first-order chi connectivity index (χ1) is 16.8. The number of aliphatic hydroxyl groups is 1. The number of nitrogens with zero attached hydrogens (tertiary/aromatic N) is 2. The molecule has 0 aromatic heterocycles. The zero-order valence-corrected chi connectivity index (χ0v) is 19.0. The zero-order chi connectivity index (χ0) is 25.1. The Morgan fingerprint density at radius 2 is 1.71 bits per heavy atom. The van der Waals surface area contributed by atoms with Crippen LogP contribution >= 0.6 is 0 Å². The summed E-state index contributed by atoms with van der Waals surface area (Å²) in [6, 6.07) is 14.3. The summed E-state index contributed by atoms with van der Waals surface area (Å²) < 4.78 is 10.7. The molecule has 4 rings (SSSR count). The molecule has 0 bridgehead atoms. The highest BCUT2D eigenvalue weighted by Gasteiger charge is 2.57. The first-order valence-electron chi connectivity index (χ1n) is 11.1. The van der Waals surface area contributed by atoms with Gasteiger partial charge in [0.25, 0.3) is 5.69 Å². The minimum atomic E-state index is -0.898. The maximum Gasteiger partial charge on any atom is 0.355 e. The lowest BCUT2D eigenvalue weighted by atomic mass is 9.83. The molecular formula is C25H24N2O8. The van der Waals surface area contributed by atoms with Gasteiger partial charge in [-0.2, -0.15) is 0 Å². The van der Waals surface area contributed by atoms with E-state index in [0.29, 0.717) is 11.1 Å². The molecule has 35 heavy (non-hydrogen) atoms. The molecule has 2 aliphatic rings. The minimum Gasteiger partial charge on any atom is -0.461 e. The van der Waals surface area contributed by atoms with Gasteiger partial charge in [-0.15, -0.1) is 0 Å². The van der Waals surface area contributed by atoms with Gasteiger partial charge in [0.1, 0.15) is 18.9 Å². The smallest absolute Gasteiger partial charge is 0.355 e. The molecule has 10 heteroatoms. The van der Waals surface area contributed by atoms with Crippen molar-refractivity contribution < 1.29 is 33.9 Å². The molecule has 0 aliphatic carbocycles. The Morgan fingerprint density at radius 1 is 1.09 bits per heavy atom. The number of β-lactam (4-membered cyclic amide) rings is 1. The van der Waals surface area contributed by atoms with Gasteiger partial charge in [0, 0.05) is 12.1 Å². The molecule has 0 spiro atoms. The number of esters is 2. The van der Waals surface area contributed by atoms with Crippen LogP contribution in [0.25, 0.3) is 0 Å². The van der Waals surface area contributed by atoms with Crippen LogP contribution in [-0.4, -0.2) is 44.9 Å². The normalized spacial score (nSPS) is 19.6. The maximum atomic E-state index is 13.0. The van der Waals surface area contributed by atoms with Crippen LogP contribution in [0.2, 0.25) is 0 Å². The van der Waals surface area contributed by atoms with Gasteiger partial charge >= 0.3 is 11.9 Å². The van der Waals surface area contributed by atoms with Gasteiger partial charge in [0.15, 0.2) is 0 Å². The highest BCUT2D eigenvalue weighted by Crippen LogP contribution is 2.45. The Labute approximate surface area is 200 Å². The second-order valence-electron chi connectivity index (χ2n) is 8.52. The van der Waals surface area contributed by atoms with Crippen molar-refractivity contribution in [1.82, 2.24) is 4.90 Å². The Balaban J connectivity index is 1.47. The lowest BCUT2D eigenvalue weighted by Crippen LogP contribution is -2.61. The summed E-state index contributed by atoms with van der Waals surface area (Å²) in [6.45, 7) is 1.42. The number of rotatable bonds is 9. The average molecular weight is 480 g/mol. The fourth-order valence-electron chi connectivity index (χ4n) is 4.40. The van der Waals surface area contributed by atoms with Crippen LogP contribution in [0.5, 0.6) is 0 Å². The summed E-state index contributed by atoms with van der Waals surface area (Å²) in [5.41, 5.74) is 1.67. The minimum absolute atomic E-state index is 0.00419. The fraction of sp³-hybridized carbons (Fsp3) is 0.320. The van der Waals surface area contributed by atoms with E-state index >= 15 is 0 Å². The van der Waals surface area contributed by atoms with Crippen LogP contribution in [0.1, 0.15) is 30.9 Å². The zero-order valence-electron chi connectivity index (χ0n) is 19.0. The Hall–Kier alpha value is -4.05. The van der Waals surface area contributed by atoms with Crippen molar-refractivity contribution in [2.75, 3.05) is 0 Å². The van der Waals surface area contributed by atoms with Crippen LogP contribution in [0.4, 0.5) is 5.69 Å². The molecule has 2 aromatic carbocycles. The molecule has 1 N–H and O–H groups in total. The van der Waals surface area contributed by atoms with Crippen LogP contribution in [0.3, 0.4) is 0 Å². The predicted molar refractivity (Wildman–Crippen MR) is 121 cm³/mol. The average Bonchev–Trinajstić information content (AvgIpc) is 3.15. The van der Waals surface area contributed by atoms with Crippen molar-refractivity contribution in [2.24, 2.45) is 5.92 Å². The number of hydrogen-bond acceptors (Lipinski definition) is 8. The largest absolute Gasteiger partial charge is 0.461 e. The third-order valence-electron chi connectivity index (χ3n) is 6.13. The monoisotopic (exact) mass is 480 g/mol. The van der Waals surface area contributed by atoms with Crippen molar-refractivity contribution in [3.63, 3.8) is 0 Å². The predicted octanol–water partition coefficient (Wildman–Crippen LogP) is 2.64. The molecule has 0 unspecified atom stereocenters. The van der Waals surface area contributed by atoms with Crippen LogP contribution in [-0.2, 0) is 37.1 Å². The lowest BCUT2D eigenvalue weighted by molar-refractivity contribution is -0.384. The van der Waals surface area contributed by atoms with Crippen molar-refractivity contribution in [3.05, 3.63) is 87.1 Å². The van der Waals surface area contributed by atoms with E-state index in [1.54, 1.807) is 0 Å². The molecule has 1 saturated heterocycles. The number of carbonyl (C=O) groups is 3. The number of hydrogen-bond donors (Lipinski definition) is 1. The van der Waals surface area contributed by atoms with E-state index in [2.05, 4.69) is 0 Å². The topological polar surface area (TPSA) is 136 Å². The number of benzene rings is 2. The lowest BCUT2D eigenvalue weighted by Gasteiger charge is -2.44. The van der Waals surface area contributed by atoms with Gasteiger partial charge in [-0.05, 0) is 42.2 Å². The first-order valence-corrected chi connectivity index (χ1v) is 11.1. The molecule has 182 valence electrons. The summed E-state index contributed by atoms with van der Waals surface area (Å²) in [6.07, 6.45) is -0.837. The van der Waals surface area contributed by atoms with Crippen LogP contribution in [0, 0.1) is 16.0 Å². The molecule has 2 aromatic rings. The van der Waals surface area contributed by atoms with Gasteiger partial charge in [-0.1, -0.05) is 30.3 Å². The SMILES string of the molecule is C[C@@H](O)[C@H]1C(=O)N2C(C(=O)OCc3ccc([N+](=O)[O-])cc3)=C(CC(=O)OCc3ccccc3)C[C@H]12. The number of amides is 1. The van der Waals surface area contributed by atoms with Gasteiger partial charge in [0.2, 0.25) is 5.91 Å². The quantitative estimate of drug-likeness (QED) is 0.250. The molecule has 10 nitrogen and oxygen atoms in total. The van der Waals surface area contributed by atoms with E-state index in [-0.39, 0.29) is 37.4 Å². The molecule has 1 fully saturated rings. The number of fused-ring (bicyclic) bond motifs is 1. The van der Waals surface area contributed by atoms with E-state index in [1.807, 2.05) is 30.3 Å². The van der Waals surface area contributed by atoms with Crippen LogP contribution < -0.4 is 0 Å². The molecular weight excluding hydrogens is 456 g/mol. The summed E-state index contributed by atoms with van der Waals surface area (Å²) in [7, 11) is 0. The number of carbonyl (C=O) groups excluding carboxylic acids is 3. The molecule has 2 heterocycles. The second kappa shape index (κ2) is 10.1. The fourth-order valence-corrected chi connectivity index (χ4v) is 4.40. The Morgan fingerprint density at radius 3 is 2.34 bits per heavy atom. The number of ether oxygens (including phenoxy) is 2. The van der Waals surface area contributed by atoms with E-state index in [1.165, 1.54) is 36.1 Å². The molecule has 3 atom stereocenters. The third kappa shape index (κ3) is 5.07. The van der Waals surface area contributed by atoms with Gasteiger partial charge in [0.05, 0.1) is 29.4 Å². The highest BCUT2D eigenvalue weighted by atomic mass is 16.6. The van der Waals surface area contributed by atoms with Gasteiger partial charge < -0.3 is 19.5 Å². The van der Waals surface area contributed by atoms with E-state index in [0.717, 1.165) is 5.56 Å². The summed E-state index contributed by atoms with van der Waals surface area (Å²) in [4.78, 5) is 49.7. The van der Waals surface area contributed by atoms with E-state index in [9.17, 15) is 29.6 Å². The van der Waals surface area contributed by atoms with E-state index in [4.69, 9.17) is 9.47 Å². The molecule has 0 saturated carbocycles. The highest BCUT2D eigenvalue weighted by molar-refractivity contribution is 6.01. The number of non-ortho nitro benzene ring substituents is 1. The standard InChI is InChI=1S/C25H24N2O8/c1-15(28)22-20-11-18(12-21(29)34-13-16-5-3-2-4-6-16)23(26(20)24(22)30)25(31)35-14-17-7-9-19(10-8-17)27(32)33/h2-10,15,20,22,28H,11-14H2,1H3/t15-,20-,22-/m1/s1. The number of aliphatic hydroxyl groups excluding tert-OH is 1. The third-order valence-corrected chi connectivity index (χ3v) is 6.13. The summed E-state index contributed by atoms with van der Waals surface area (Å²) in [5.74, 6) is -2.40. The molecule has 2 aliphatic heterocycles. The summed E-state index contributed by atoms with van der Waals surface area (Å²) in [5, 5.41) is 20.8. The first kappa shape index (κ1) is 24.1. The van der Waals surface area contributed by atoms with Crippen molar-refractivity contribution in [1.29, 1.82) is 0 Å². The van der Waals surface area contributed by atoms with Crippen molar-refractivity contribution in [3.8, 4) is 0 Å². The number of nitro groups is 1. The van der Waals surface area contributed by atoms with Gasteiger partial charge in [-0.3, -0.25) is 19.7 Å². The number of nitro benzene ring substituents is 1.